The van der Waals surface area contributed by atoms with Crippen molar-refractivity contribution in [2.45, 2.75) is 52.7 Å². The van der Waals surface area contributed by atoms with Gasteiger partial charge in [-0.2, -0.15) is 0 Å². The van der Waals surface area contributed by atoms with E-state index in [0.717, 1.165) is 0 Å². The average molecular weight is 285 g/mol. The second-order valence-corrected chi connectivity index (χ2v) is 5.49. The molecule has 0 heterocycles. The van der Waals surface area contributed by atoms with E-state index in [0.29, 0.717) is 5.57 Å². The van der Waals surface area contributed by atoms with E-state index in [9.17, 15) is 14.4 Å². The number of ketones is 1. The van der Waals surface area contributed by atoms with E-state index in [-0.39, 0.29) is 18.8 Å². The van der Waals surface area contributed by atoms with E-state index in [4.69, 9.17) is 9.47 Å². The van der Waals surface area contributed by atoms with Gasteiger partial charge in [-0.15, -0.1) is 0 Å². The Morgan fingerprint density at radius 3 is 2.25 bits per heavy atom. The topological polar surface area (TPSA) is 81.7 Å². The number of carbonyl (C=O) groups excluding carboxylic acids is 3. The summed E-state index contributed by atoms with van der Waals surface area (Å²) in [5.74, 6) is -0.782. The summed E-state index contributed by atoms with van der Waals surface area (Å²) in [6.45, 7) is 11.7. The number of hydrogen-bond donors (Lipinski definition) is 1. The van der Waals surface area contributed by atoms with Gasteiger partial charge in [-0.1, -0.05) is 6.58 Å². The number of amides is 1. The lowest BCUT2D eigenvalue weighted by molar-refractivity contribution is -0.146. The summed E-state index contributed by atoms with van der Waals surface area (Å²) in [4.78, 5) is 34.3. The fourth-order valence-corrected chi connectivity index (χ4v) is 1.13. The molecule has 0 bridgehead atoms. The maximum atomic E-state index is 11.6. The molecular formula is C14H23NO5. The molecule has 0 aliphatic heterocycles. The Morgan fingerprint density at radius 1 is 1.25 bits per heavy atom. The average Bonchev–Trinajstić information content (AvgIpc) is 2.25. The van der Waals surface area contributed by atoms with E-state index in [2.05, 4.69) is 11.9 Å². The summed E-state index contributed by atoms with van der Waals surface area (Å²) in [6.07, 6.45) is -0.611. The molecule has 1 N–H and O–H groups in total. The molecule has 0 rings (SSSR count). The summed E-state index contributed by atoms with van der Waals surface area (Å²) in [5.41, 5.74) is -0.220. The van der Waals surface area contributed by atoms with Crippen LogP contribution in [-0.4, -0.2) is 36.1 Å². The number of ether oxygens (including phenoxy) is 2. The van der Waals surface area contributed by atoms with Gasteiger partial charge in [0.1, 0.15) is 11.6 Å². The Morgan fingerprint density at radius 2 is 1.80 bits per heavy atom. The second kappa shape index (κ2) is 7.67. The van der Waals surface area contributed by atoms with Gasteiger partial charge < -0.3 is 14.8 Å². The first-order valence-corrected chi connectivity index (χ1v) is 6.38. The lowest BCUT2D eigenvalue weighted by atomic mass is 10.2. The van der Waals surface area contributed by atoms with Crippen molar-refractivity contribution in [2.75, 3.05) is 6.61 Å². The monoisotopic (exact) mass is 285 g/mol. The van der Waals surface area contributed by atoms with Crippen molar-refractivity contribution in [1.82, 2.24) is 5.32 Å². The minimum atomic E-state index is -0.843. The van der Waals surface area contributed by atoms with Gasteiger partial charge in [-0.3, -0.25) is 4.79 Å². The van der Waals surface area contributed by atoms with Gasteiger partial charge >= 0.3 is 12.1 Å². The maximum absolute atomic E-state index is 11.6. The predicted octanol–water partition coefficient (Wildman–Crippen LogP) is 1.98. The molecule has 20 heavy (non-hydrogen) atoms. The van der Waals surface area contributed by atoms with Gasteiger partial charge in [0.15, 0.2) is 5.78 Å². The van der Waals surface area contributed by atoms with Crippen LogP contribution in [0.15, 0.2) is 12.2 Å². The minimum absolute atomic E-state index is 0.0368. The molecular weight excluding hydrogens is 262 g/mol. The summed E-state index contributed by atoms with van der Waals surface area (Å²) in [6, 6.07) is -0.843. The highest BCUT2D eigenvalue weighted by Gasteiger charge is 2.21. The summed E-state index contributed by atoms with van der Waals surface area (Å²) < 4.78 is 9.89. The first-order chi connectivity index (χ1) is 9.03. The van der Waals surface area contributed by atoms with E-state index < -0.39 is 23.7 Å². The second-order valence-electron chi connectivity index (χ2n) is 5.49. The van der Waals surface area contributed by atoms with E-state index in [1.54, 1.807) is 27.7 Å². The summed E-state index contributed by atoms with van der Waals surface area (Å²) in [5, 5.41) is 2.36. The Labute approximate surface area is 119 Å². The van der Waals surface area contributed by atoms with Crippen LogP contribution in [0.4, 0.5) is 4.79 Å². The van der Waals surface area contributed by atoms with Crippen molar-refractivity contribution in [3.63, 3.8) is 0 Å². The zero-order chi connectivity index (χ0) is 15.9. The fraction of sp³-hybridized carbons (Fsp3) is 0.643. The summed E-state index contributed by atoms with van der Waals surface area (Å²) >= 11 is 0. The molecule has 0 aromatic carbocycles. The van der Waals surface area contributed by atoms with Crippen molar-refractivity contribution < 1.29 is 23.9 Å². The fourth-order valence-electron chi connectivity index (χ4n) is 1.13. The van der Waals surface area contributed by atoms with Crippen LogP contribution in [0.5, 0.6) is 0 Å². The van der Waals surface area contributed by atoms with Crippen molar-refractivity contribution in [3.8, 4) is 0 Å². The lowest BCUT2D eigenvalue weighted by Gasteiger charge is -2.21. The zero-order valence-corrected chi connectivity index (χ0v) is 12.7. The molecule has 114 valence electrons. The molecule has 0 saturated carbocycles. The molecule has 0 saturated heterocycles. The summed E-state index contributed by atoms with van der Waals surface area (Å²) in [7, 11) is 0. The Kier molecular flexibility index (Phi) is 6.96. The normalized spacial score (nSPS) is 12.2. The highest BCUT2D eigenvalue weighted by atomic mass is 16.6. The van der Waals surface area contributed by atoms with Crippen LogP contribution in [0, 0.1) is 0 Å². The van der Waals surface area contributed by atoms with Crippen molar-refractivity contribution in [3.05, 3.63) is 12.2 Å². The third-order valence-corrected chi connectivity index (χ3v) is 2.14. The Balaban J connectivity index is 4.07. The molecule has 0 radical (unpaired) electrons. The van der Waals surface area contributed by atoms with E-state index in [1.165, 1.54) is 6.92 Å². The van der Waals surface area contributed by atoms with Gasteiger partial charge in [-0.25, -0.2) is 9.59 Å². The van der Waals surface area contributed by atoms with Crippen LogP contribution in [0.2, 0.25) is 0 Å². The number of Topliss-reactive ketones (excluding diaryl/α,β-unsaturated/α-hetero) is 1. The van der Waals surface area contributed by atoms with Gasteiger partial charge in [0.25, 0.3) is 0 Å². The van der Waals surface area contributed by atoms with Crippen LogP contribution in [0.3, 0.4) is 0 Å². The molecule has 0 aromatic heterocycles. The molecule has 0 spiro atoms. The van der Waals surface area contributed by atoms with Crippen molar-refractivity contribution in [1.29, 1.82) is 0 Å². The molecule has 1 amide bonds. The van der Waals surface area contributed by atoms with Crippen LogP contribution in [0.1, 0.15) is 41.0 Å². The molecule has 0 fully saturated rings. The van der Waals surface area contributed by atoms with Crippen LogP contribution < -0.4 is 5.32 Å². The Hall–Kier alpha value is -1.85. The number of hydrogen-bond acceptors (Lipinski definition) is 5. The van der Waals surface area contributed by atoms with E-state index in [1.807, 2.05) is 0 Å². The van der Waals surface area contributed by atoms with Gasteiger partial charge in [0.2, 0.25) is 0 Å². The standard InChI is InChI=1S/C14H23NO5/c1-9(2)11(16)7-8-19-12(17)10(3)15-13(18)20-14(4,5)6/h10H,1,7-8H2,2-6H3,(H,15,18). The number of allylic oxidation sites excluding steroid dienone is 1. The molecule has 0 aromatic rings. The van der Waals surface area contributed by atoms with Gasteiger partial charge in [0, 0.05) is 6.42 Å². The largest absolute Gasteiger partial charge is 0.464 e. The lowest BCUT2D eigenvalue weighted by Crippen LogP contribution is -2.42. The van der Waals surface area contributed by atoms with Crippen molar-refractivity contribution >= 4 is 17.8 Å². The minimum Gasteiger partial charge on any atom is -0.464 e. The third kappa shape index (κ3) is 8.29. The molecule has 0 aliphatic carbocycles. The number of rotatable bonds is 6. The van der Waals surface area contributed by atoms with Gasteiger partial charge in [-0.05, 0) is 40.2 Å². The smallest absolute Gasteiger partial charge is 0.408 e. The molecule has 6 nitrogen and oxygen atoms in total. The first kappa shape index (κ1) is 18.1. The first-order valence-electron chi connectivity index (χ1n) is 6.38. The zero-order valence-electron chi connectivity index (χ0n) is 12.7. The van der Waals surface area contributed by atoms with Crippen molar-refractivity contribution in [2.24, 2.45) is 0 Å². The van der Waals surface area contributed by atoms with Crippen LogP contribution >= 0.6 is 0 Å². The number of nitrogens with one attached hydrogen (secondary N) is 1. The van der Waals surface area contributed by atoms with E-state index >= 15 is 0 Å². The third-order valence-electron chi connectivity index (χ3n) is 2.14. The Bertz CT molecular complexity index is 395. The maximum Gasteiger partial charge on any atom is 0.408 e. The number of esters is 1. The predicted molar refractivity (Wildman–Crippen MR) is 74.2 cm³/mol. The van der Waals surface area contributed by atoms with Crippen LogP contribution in [0.25, 0.3) is 0 Å². The molecule has 0 aliphatic rings. The molecule has 1 atom stereocenters. The highest BCUT2D eigenvalue weighted by molar-refractivity contribution is 5.94. The molecule has 1 unspecified atom stereocenters. The highest BCUT2D eigenvalue weighted by Crippen LogP contribution is 2.07. The SMILES string of the molecule is C=C(C)C(=O)CCOC(=O)C(C)NC(=O)OC(C)(C)C. The van der Waals surface area contributed by atoms with Crippen LogP contribution in [-0.2, 0) is 19.1 Å². The quantitative estimate of drug-likeness (QED) is 0.596. The van der Waals surface area contributed by atoms with Gasteiger partial charge in [0.05, 0.1) is 6.61 Å². The molecule has 6 heteroatoms. The number of carbonyl (C=O) groups is 3. The number of alkyl carbamates (subject to hydrolysis) is 1.